The van der Waals surface area contributed by atoms with Gasteiger partial charge in [0.15, 0.2) is 0 Å². The molecule has 1 fully saturated rings. The summed E-state index contributed by atoms with van der Waals surface area (Å²) in [6, 6.07) is 8.39. The van der Waals surface area contributed by atoms with Gasteiger partial charge in [0.1, 0.15) is 5.60 Å². The number of fused-ring (bicyclic) bond motifs is 3. The van der Waals surface area contributed by atoms with Crippen LogP contribution in [-0.2, 0) is 12.1 Å². The number of aromatic amines is 1. The van der Waals surface area contributed by atoms with Gasteiger partial charge >= 0.3 is 0 Å². The molecule has 3 nitrogen and oxygen atoms in total. The highest BCUT2D eigenvalue weighted by Crippen LogP contribution is 2.44. The number of benzene rings is 1. The van der Waals surface area contributed by atoms with Crippen molar-refractivity contribution in [1.82, 2.24) is 9.88 Å². The highest BCUT2D eigenvalue weighted by Gasteiger charge is 2.43. The number of aromatic nitrogens is 1. The molecule has 2 unspecified atom stereocenters. The normalized spacial score (nSPS) is 34.0. The molecule has 0 saturated carbocycles. The smallest absolute Gasteiger partial charge is 0.108 e. The highest BCUT2D eigenvalue weighted by atomic mass is 16.3. The molecule has 3 heteroatoms. The number of allylic oxidation sites excluding steroid dienone is 1. The van der Waals surface area contributed by atoms with Crippen molar-refractivity contribution in [1.29, 1.82) is 0 Å². The molecule has 5 rings (SSSR count). The summed E-state index contributed by atoms with van der Waals surface area (Å²) in [5, 5.41) is 12.6. The Morgan fingerprint density at radius 1 is 1.33 bits per heavy atom. The van der Waals surface area contributed by atoms with Crippen LogP contribution < -0.4 is 0 Å². The average Bonchev–Trinajstić information content (AvgIpc) is 2.85. The maximum Gasteiger partial charge on any atom is 0.108 e. The van der Waals surface area contributed by atoms with E-state index in [9.17, 15) is 5.11 Å². The van der Waals surface area contributed by atoms with Crippen LogP contribution in [0.4, 0.5) is 0 Å². The Kier molecular flexibility index (Phi) is 2.78. The van der Waals surface area contributed by atoms with Crippen LogP contribution in [0.2, 0.25) is 0 Å². The van der Waals surface area contributed by atoms with Gasteiger partial charge in [0.05, 0.1) is 5.69 Å². The molecule has 3 aliphatic rings. The SMILES string of the molecule is C/C=C1/CN2CC[C@@H]1C(C)(O)c1[nH]c3ccccc3c1C2. The van der Waals surface area contributed by atoms with Crippen molar-refractivity contribution in [2.75, 3.05) is 13.1 Å². The van der Waals surface area contributed by atoms with Crippen molar-refractivity contribution >= 4 is 10.9 Å². The van der Waals surface area contributed by atoms with Crippen LogP contribution in [0.5, 0.6) is 0 Å². The van der Waals surface area contributed by atoms with Gasteiger partial charge in [0.25, 0.3) is 0 Å². The standard InChI is InChI=1S/C18H22N2O/c1-3-12-10-20-9-8-15(12)18(2,21)17-14(11-20)13-6-4-5-7-16(13)19-17/h3-7,15,19,21H,8-11H2,1-2H3/b12-3-/t15-,18?/m0/s1. The zero-order valence-electron chi connectivity index (χ0n) is 12.7. The molecule has 0 radical (unpaired) electrons. The van der Waals surface area contributed by atoms with Gasteiger partial charge in [-0.3, -0.25) is 4.90 Å². The number of piperidine rings is 1. The van der Waals surface area contributed by atoms with Gasteiger partial charge in [-0.15, -0.1) is 0 Å². The summed E-state index contributed by atoms with van der Waals surface area (Å²) in [6.45, 7) is 7.04. The Morgan fingerprint density at radius 3 is 2.95 bits per heavy atom. The van der Waals surface area contributed by atoms with E-state index in [1.54, 1.807) is 0 Å². The summed E-state index contributed by atoms with van der Waals surface area (Å²) in [4.78, 5) is 6.00. The molecular weight excluding hydrogens is 260 g/mol. The van der Waals surface area contributed by atoms with Gasteiger partial charge in [-0.25, -0.2) is 0 Å². The minimum absolute atomic E-state index is 0.214. The number of hydrogen-bond donors (Lipinski definition) is 2. The zero-order valence-corrected chi connectivity index (χ0v) is 12.7. The molecule has 0 amide bonds. The lowest BCUT2D eigenvalue weighted by atomic mass is 9.74. The predicted octanol–water partition coefficient (Wildman–Crippen LogP) is 3.16. The lowest BCUT2D eigenvalue weighted by molar-refractivity contribution is -0.0203. The molecule has 2 bridgehead atoms. The van der Waals surface area contributed by atoms with E-state index in [0.29, 0.717) is 0 Å². The van der Waals surface area contributed by atoms with Crippen LogP contribution in [0.25, 0.3) is 10.9 Å². The Bertz CT molecular complexity index is 726. The summed E-state index contributed by atoms with van der Waals surface area (Å²) >= 11 is 0. The molecule has 2 N–H and O–H groups in total. The minimum atomic E-state index is -0.817. The minimum Gasteiger partial charge on any atom is -0.383 e. The number of nitrogens with zero attached hydrogens (tertiary/aromatic N) is 1. The fourth-order valence-corrected chi connectivity index (χ4v) is 4.21. The molecule has 0 aliphatic carbocycles. The Labute approximate surface area is 125 Å². The maximum absolute atomic E-state index is 11.3. The number of para-hydroxylation sites is 1. The van der Waals surface area contributed by atoms with Crippen LogP contribution in [0.1, 0.15) is 31.5 Å². The van der Waals surface area contributed by atoms with Gasteiger partial charge in [-0.05, 0) is 38.4 Å². The van der Waals surface area contributed by atoms with E-state index >= 15 is 0 Å². The fourth-order valence-electron chi connectivity index (χ4n) is 4.21. The van der Waals surface area contributed by atoms with Crippen molar-refractivity contribution in [3.05, 3.63) is 47.2 Å². The average molecular weight is 282 g/mol. The second-order valence-corrected chi connectivity index (χ2v) is 6.59. The largest absolute Gasteiger partial charge is 0.383 e. The first-order valence-corrected chi connectivity index (χ1v) is 7.81. The predicted molar refractivity (Wildman–Crippen MR) is 85.0 cm³/mol. The van der Waals surface area contributed by atoms with Gasteiger partial charge in [-0.1, -0.05) is 29.8 Å². The van der Waals surface area contributed by atoms with Crippen molar-refractivity contribution in [2.24, 2.45) is 5.92 Å². The molecular formula is C18H22N2O. The van der Waals surface area contributed by atoms with E-state index in [4.69, 9.17) is 0 Å². The molecule has 1 saturated heterocycles. The third-order valence-electron chi connectivity index (χ3n) is 5.34. The summed E-state index contributed by atoms with van der Waals surface area (Å²) < 4.78 is 0. The van der Waals surface area contributed by atoms with Crippen molar-refractivity contribution < 1.29 is 5.11 Å². The molecule has 110 valence electrons. The van der Waals surface area contributed by atoms with E-state index in [2.05, 4.69) is 41.1 Å². The number of rotatable bonds is 0. The number of hydrogen-bond acceptors (Lipinski definition) is 2. The number of nitrogens with one attached hydrogen (secondary N) is 1. The van der Waals surface area contributed by atoms with Crippen LogP contribution in [-0.4, -0.2) is 28.1 Å². The molecule has 21 heavy (non-hydrogen) atoms. The molecule has 4 heterocycles. The lowest BCUT2D eigenvalue weighted by Crippen LogP contribution is -2.46. The summed E-state index contributed by atoms with van der Waals surface area (Å²) in [5.74, 6) is 0.214. The first-order chi connectivity index (χ1) is 10.1. The monoisotopic (exact) mass is 282 g/mol. The Balaban J connectivity index is 1.99. The molecule has 2 aromatic rings. The van der Waals surface area contributed by atoms with Gasteiger partial charge < -0.3 is 10.1 Å². The van der Waals surface area contributed by atoms with E-state index < -0.39 is 5.60 Å². The first-order valence-electron chi connectivity index (χ1n) is 7.81. The molecule has 1 aromatic heterocycles. The molecule has 1 aromatic carbocycles. The van der Waals surface area contributed by atoms with Crippen LogP contribution >= 0.6 is 0 Å². The quantitative estimate of drug-likeness (QED) is 0.729. The van der Waals surface area contributed by atoms with E-state index in [1.165, 1.54) is 16.5 Å². The summed E-state index contributed by atoms with van der Waals surface area (Å²) in [5.41, 5.74) is 3.97. The van der Waals surface area contributed by atoms with Crippen LogP contribution in [0.15, 0.2) is 35.9 Å². The molecule has 3 atom stereocenters. The molecule has 3 aliphatic heterocycles. The second-order valence-electron chi connectivity index (χ2n) is 6.59. The number of H-pyrrole nitrogens is 1. The van der Waals surface area contributed by atoms with Crippen molar-refractivity contribution in [2.45, 2.75) is 32.4 Å². The molecule has 0 spiro atoms. The van der Waals surface area contributed by atoms with Crippen LogP contribution in [0.3, 0.4) is 0 Å². The summed E-state index contributed by atoms with van der Waals surface area (Å²) in [6.07, 6.45) is 3.22. The maximum atomic E-state index is 11.3. The number of aliphatic hydroxyl groups is 1. The highest BCUT2D eigenvalue weighted by molar-refractivity contribution is 5.85. The third-order valence-corrected chi connectivity index (χ3v) is 5.34. The van der Waals surface area contributed by atoms with Crippen molar-refractivity contribution in [3.63, 3.8) is 0 Å². The summed E-state index contributed by atoms with van der Waals surface area (Å²) in [7, 11) is 0. The van der Waals surface area contributed by atoms with Crippen molar-refractivity contribution in [3.8, 4) is 0 Å². The van der Waals surface area contributed by atoms with Gasteiger partial charge in [0, 0.05) is 29.9 Å². The first kappa shape index (κ1) is 13.1. The van der Waals surface area contributed by atoms with E-state index in [-0.39, 0.29) is 5.92 Å². The second kappa shape index (κ2) is 4.46. The Morgan fingerprint density at radius 2 is 2.14 bits per heavy atom. The van der Waals surface area contributed by atoms with Gasteiger partial charge in [0.2, 0.25) is 0 Å². The van der Waals surface area contributed by atoms with Crippen LogP contribution in [0, 0.1) is 5.92 Å². The lowest BCUT2D eigenvalue weighted by Gasteiger charge is -2.44. The fraction of sp³-hybridized carbons (Fsp3) is 0.444. The third kappa shape index (κ3) is 1.81. The van der Waals surface area contributed by atoms with E-state index in [1.807, 2.05) is 13.0 Å². The topological polar surface area (TPSA) is 39.3 Å². The zero-order chi connectivity index (χ0) is 14.6. The van der Waals surface area contributed by atoms with Gasteiger partial charge in [-0.2, -0.15) is 0 Å². The Hall–Kier alpha value is -1.58. The van der Waals surface area contributed by atoms with E-state index in [0.717, 1.165) is 37.3 Å².